The molecule has 1 atom stereocenters. The quantitative estimate of drug-likeness (QED) is 0.108. The second kappa shape index (κ2) is 32.3. The maximum absolute atomic E-state index is 11.1. The summed E-state index contributed by atoms with van der Waals surface area (Å²) >= 11 is 0. The standard InChI is InChI=1S/C11H22O4.2C8H16O2/c1-2-3-4-5-6-7-11(14)15-9-10(13)8-12;2*1-2-3-4-5-6-7-8(9)10/h10,12-13H,2-9H2,1H3;2*2-7H2,1H3,(H,9,10). The van der Waals surface area contributed by atoms with Crippen LogP contribution in [0.4, 0.5) is 0 Å². The fourth-order valence-electron chi connectivity index (χ4n) is 2.95. The molecule has 8 nitrogen and oxygen atoms in total. The van der Waals surface area contributed by atoms with Crippen LogP contribution >= 0.6 is 0 Å². The monoisotopic (exact) mass is 506 g/mol. The lowest BCUT2D eigenvalue weighted by molar-refractivity contribution is -0.147. The Morgan fingerprint density at radius 3 is 1.26 bits per heavy atom. The normalized spacial score (nSPS) is 10.9. The van der Waals surface area contributed by atoms with Crippen molar-refractivity contribution in [3.05, 3.63) is 0 Å². The number of carbonyl (C=O) groups is 3. The van der Waals surface area contributed by atoms with Crippen molar-refractivity contribution in [2.45, 2.75) is 142 Å². The van der Waals surface area contributed by atoms with Gasteiger partial charge in [-0.2, -0.15) is 0 Å². The van der Waals surface area contributed by atoms with Gasteiger partial charge in [0, 0.05) is 19.3 Å². The number of esters is 1. The van der Waals surface area contributed by atoms with E-state index in [0.29, 0.717) is 19.3 Å². The fraction of sp³-hybridized carbons (Fsp3) is 0.889. The molecule has 0 radical (unpaired) electrons. The van der Waals surface area contributed by atoms with E-state index in [2.05, 4.69) is 20.8 Å². The van der Waals surface area contributed by atoms with Crippen LogP contribution in [0.15, 0.2) is 0 Å². The zero-order valence-corrected chi connectivity index (χ0v) is 22.6. The molecule has 0 spiro atoms. The fourth-order valence-corrected chi connectivity index (χ4v) is 2.95. The summed E-state index contributed by atoms with van der Waals surface area (Å²) < 4.78 is 4.75. The van der Waals surface area contributed by atoms with Crippen molar-refractivity contribution in [2.24, 2.45) is 0 Å². The molecular weight excluding hydrogens is 452 g/mol. The summed E-state index contributed by atoms with van der Waals surface area (Å²) in [5.41, 5.74) is 0. The first-order valence-electron chi connectivity index (χ1n) is 13.6. The number of aliphatic hydroxyl groups excluding tert-OH is 2. The van der Waals surface area contributed by atoms with Crippen LogP contribution in [0.1, 0.15) is 136 Å². The molecule has 0 aromatic heterocycles. The molecular formula is C27H54O8. The molecule has 0 aliphatic rings. The largest absolute Gasteiger partial charge is 0.481 e. The van der Waals surface area contributed by atoms with Gasteiger partial charge in [-0.15, -0.1) is 0 Å². The number of carboxylic acid groups (broad SMARTS) is 2. The van der Waals surface area contributed by atoms with Crippen LogP contribution in [0.3, 0.4) is 0 Å². The van der Waals surface area contributed by atoms with Gasteiger partial charge in [-0.3, -0.25) is 14.4 Å². The van der Waals surface area contributed by atoms with Gasteiger partial charge < -0.3 is 25.2 Å². The average molecular weight is 507 g/mol. The van der Waals surface area contributed by atoms with E-state index >= 15 is 0 Å². The molecule has 0 heterocycles. The van der Waals surface area contributed by atoms with Gasteiger partial charge in [0.1, 0.15) is 12.7 Å². The summed E-state index contributed by atoms with van der Waals surface area (Å²) in [4.78, 5) is 31.1. The van der Waals surface area contributed by atoms with Gasteiger partial charge in [0.05, 0.1) is 6.61 Å². The minimum atomic E-state index is -0.950. The lowest BCUT2D eigenvalue weighted by Gasteiger charge is -2.08. The number of aliphatic carboxylic acids is 2. The second-order valence-corrected chi connectivity index (χ2v) is 8.80. The Labute approximate surface area is 213 Å². The summed E-state index contributed by atoms with van der Waals surface area (Å²) in [6.45, 7) is 5.97. The highest BCUT2D eigenvalue weighted by Crippen LogP contribution is 2.06. The molecule has 0 rings (SSSR count). The molecule has 0 bridgehead atoms. The van der Waals surface area contributed by atoms with Crippen LogP contribution in [0.2, 0.25) is 0 Å². The van der Waals surface area contributed by atoms with E-state index in [1.165, 1.54) is 51.4 Å². The van der Waals surface area contributed by atoms with E-state index in [0.717, 1.165) is 44.9 Å². The number of unbranched alkanes of at least 4 members (excludes halogenated alkanes) is 12. The lowest BCUT2D eigenvalue weighted by atomic mass is 10.1. The van der Waals surface area contributed by atoms with E-state index in [4.69, 9.17) is 25.2 Å². The predicted octanol–water partition coefficient (Wildman–Crippen LogP) is 6.11. The average Bonchev–Trinajstić information content (AvgIpc) is 2.82. The van der Waals surface area contributed by atoms with Crippen molar-refractivity contribution in [3.63, 3.8) is 0 Å². The number of ether oxygens (including phenoxy) is 1. The molecule has 0 aromatic rings. The Morgan fingerprint density at radius 1 is 0.600 bits per heavy atom. The predicted molar refractivity (Wildman–Crippen MR) is 139 cm³/mol. The smallest absolute Gasteiger partial charge is 0.305 e. The van der Waals surface area contributed by atoms with E-state index in [1.807, 2.05) is 0 Å². The van der Waals surface area contributed by atoms with Crippen molar-refractivity contribution in [1.82, 2.24) is 0 Å². The summed E-state index contributed by atoms with van der Waals surface area (Å²) in [5.74, 6) is -1.63. The van der Waals surface area contributed by atoms with Gasteiger partial charge in [0.2, 0.25) is 0 Å². The van der Waals surface area contributed by atoms with E-state index < -0.39 is 18.0 Å². The van der Waals surface area contributed by atoms with Gasteiger partial charge in [0.15, 0.2) is 0 Å². The van der Waals surface area contributed by atoms with Gasteiger partial charge in [-0.05, 0) is 19.3 Å². The van der Waals surface area contributed by atoms with E-state index in [9.17, 15) is 14.4 Å². The van der Waals surface area contributed by atoms with E-state index in [-0.39, 0.29) is 19.2 Å². The molecule has 0 aromatic carbocycles. The summed E-state index contributed by atoms with van der Waals surface area (Å²) in [5, 5.41) is 33.9. The van der Waals surface area contributed by atoms with Crippen molar-refractivity contribution in [1.29, 1.82) is 0 Å². The summed E-state index contributed by atoms with van der Waals surface area (Å²) in [6.07, 6.45) is 16.7. The molecule has 0 amide bonds. The Morgan fingerprint density at radius 2 is 0.943 bits per heavy atom. The van der Waals surface area contributed by atoms with Crippen molar-refractivity contribution < 1.29 is 39.5 Å². The van der Waals surface area contributed by atoms with Crippen LogP contribution in [0, 0.1) is 0 Å². The maximum Gasteiger partial charge on any atom is 0.305 e. The summed E-state index contributed by atoms with van der Waals surface area (Å²) in [7, 11) is 0. The van der Waals surface area contributed by atoms with Crippen LogP contribution in [-0.2, 0) is 19.1 Å². The van der Waals surface area contributed by atoms with Crippen LogP contribution < -0.4 is 0 Å². The first kappa shape index (κ1) is 37.9. The number of hydrogen-bond acceptors (Lipinski definition) is 6. The summed E-state index contributed by atoms with van der Waals surface area (Å²) in [6, 6.07) is 0. The highest BCUT2D eigenvalue weighted by molar-refractivity contribution is 5.69. The minimum Gasteiger partial charge on any atom is -0.481 e. The lowest BCUT2D eigenvalue weighted by Crippen LogP contribution is -2.21. The van der Waals surface area contributed by atoms with Crippen LogP contribution in [0.5, 0.6) is 0 Å². The Kier molecular flexibility index (Phi) is 35.0. The molecule has 0 saturated carbocycles. The third-order valence-electron chi connectivity index (χ3n) is 5.12. The number of carbonyl (C=O) groups excluding carboxylic acids is 1. The van der Waals surface area contributed by atoms with Crippen LogP contribution in [-0.4, -0.2) is 57.7 Å². The first-order chi connectivity index (χ1) is 16.7. The highest BCUT2D eigenvalue weighted by atomic mass is 16.5. The highest BCUT2D eigenvalue weighted by Gasteiger charge is 2.07. The van der Waals surface area contributed by atoms with E-state index in [1.54, 1.807) is 0 Å². The molecule has 0 saturated heterocycles. The Bertz CT molecular complexity index is 444. The number of aliphatic hydroxyl groups is 2. The van der Waals surface area contributed by atoms with Gasteiger partial charge in [0.25, 0.3) is 0 Å². The van der Waals surface area contributed by atoms with Gasteiger partial charge >= 0.3 is 17.9 Å². The molecule has 1 unspecified atom stereocenters. The maximum atomic E-state index is 11.1. The number of carboxylic acids is 2. The molecule has 210 valence electrons. The molecule has 0 aliphatic heterocycles. The zero-order chi connectivity index (χ0) is 27.2. The van der Waals surface area contributed by atoms with Crippen LogP contribution in [0.25, 0.3) is 0 Å². The Hall–Kier alpha value is -1.67. The third kappa shape index (κ3) is 42.9. The van der Waals surface area contributed by atoms with Crippen molar-refractivity contribution in [3.8, 4) is 0 Å². The van der Waals surface area contributed by atoms with Crippen molar-refractivity contribution in [2.75, 3.05) is 13.2 Å². The third-order valence-corrected chi connectivity index (χ3v) is 5.12. The molecule has 0 fully saturated rings. The first-order valence-corrected chi connectivity index (χ1v) is 13.6. The zero-order valence-electron chi connectivity index (χ0n) is 22.6. The molecule has 35 heavy (non-hydrogen) atoms. The van der Waals surface area contributed by atoms with Gasteiger partial charge in [-0.1, -0.05) is 97.8 Å². The Balaban J connectivity index is -0.000000454. The minimum absolute atomic E-state index is 0.107. The number of hydrogen-bond donors (Lipinski definition) is 4. The number of rotatable bonds is 21. The molecule has 4 N–H and O–H groups in total. The SMILES string of the molecule is CCCCCCCC(=O)O.CCCCCCCC(=O)O.CCCCCCCC(=O)OCC(O)CO. The van der Waals surface area contributed by atoms with Crippen molar-refractivity contribution >= 4 is 17.9 Å². The molecule has 8 heteroatoms. The second-order valence-electron chi connectivity index (χ2n) is 8.80. The molecule has 0 aliphatic carbocycles. The van der Waals surface area contributed by atoms with Gasteiger partial charge in [-0.25, -0.2) is 0 Å². The topological polar surface area (TPSA) is 141 Å².